The number of carbonyl (C=O) groups excluding carboxylic acids is 1. The predicted octanol–water partition coefficient (Wildman–Crippen LogP) is 2.06. The van der Waals surface area contributed by atoms with Crippen LogP contribution in [0.15, 0.2) is 0 Å². The molecule has 17 heavy (non-hydrogen) atoms. The molecule has 2 N–H and O–H groups in total. The largest absolute Gasteiger partial charge is 0.444 e. The zero-order valence-corrected chi connectivity index (χ0v) is 10.3. The van der Waals surface area contributed by atoms with Gasteiger partial charge >= 0.3 is 6.09 Å². The lowest BCUT2D eigenvalue weighted by molar-refractivity contribution is -0.0877. The summed E-state index contributed by atoms with van der Waals surface area (Å²) in [6, 6.07) is -0.663. The van der Waals surface area contributed by atoms with E-state index in [0.717, 1.165) is 0 Å². The predicted molar refractivity (Wildman–Crippen MR) is 58.0 cm³/mol. The standard InChI is InChI=1S/C11H19F2NO3/c1-10(2,3)17-9(16)14-7-4-5-11(12,13)6-8(7)15/h7-8,15H,4-6H2,1-3H3,(H,14,16). The maximum Gasteiger partial charge on any atom is 0.407 e. The van der Waals surface area contributed by atoms with Crippen LogP contribution in [0.25, 0.3) is 0 Å². The van der Waals surface area contributed by atoms with E-state index in [9.17, 15) is 18.7 Å². The third-order valence-corrected chi connectivity index (χ3v) is 2.50. The number of hydrogen-bond acceptors (Lipinski definition) is 3. The summed E-state index contributed by atoms with van der Waals surface area (Å²) in [5, 5.41) is 11.9. The molecule has 1 aliphatic carbocycles. The monoisotopic (exact) mass is 251 g/mol. The molecule has 0 aromatic rings. The molecule has 1 fully saturated rings. The van der Waals surface area contributed by atoms with Crippen molar-refractivity contribution in [2.24, 2.45) is 0 Å². The first-order valence-corrected chi connectivity index (χ1v) is 5.64. The smallest absolute Gasteiger partial charge is 0.407 e. The molecule has 0 aliphatic heterocycles. The number of hydrogen-bond donors (Lipinski definition) is 2. The van der Waals surface area contributed by atoms with E-state index in [0.29, 0.717) is 0 Å². The number of halogens is 2. The van der Waals surface area contributed by atoms with Gasteiger partial charge in [-0.2, -0.15) is 0 Å². The molecule has 2 atom stereocenters. The van der Waals surface area contributed by atoms with Crippen molar-refractivity contribution in [2.45, 2.75) is 63.7 Å². The van der Waals surface area contributed by atoms with Crippen LogP contribution >= 0.6 is 0 Å². The lowest BCUT2D eigenvalue weighted by Gasteiger charge is -2.33. The topological polar surface area (TPSA) is 58.6 Å². The lowest BCUT2D eigenvalue weighted by atomic mass is 9.90. The van der Waals surface area contributed by atoms with Gasteiger partial charge in [0.05, 0.1) is 12.1 Å². The molecular weight excluding hydrogens is 232 g/mol. The fourth-order valence-corrected chi connectivity index (χ4v) is 1.74. The van der Waals surface area contributed by atoms with Crippen LogP contribution in [0.5, 0.6) is 0 Å². The van der Waals surface area contributed by atoms with Gasteiger partial charge in [0.2, 0.25) is 0 Å². The Hall–Kier alpha value is -0.910. The molecule has 1 rings (SSSR count). The number of nitrogens with one attached hydrogen (secondary N) is 1. The zero-order chi connectivity index (χ0) is 13.3. The van der Waals surface area contributed by atoms with Gasteiger partial charge < -0.3 is 15.2 Å². The number of aliphatic hydroxyl groups is 1. The Kier molecular flexibility index (Phi) is 3.96. The molecule has 0 saturated heterocycles. The minimum absolute atomic E-state index is 0.0490. The molecule has 0 spiro atoms. The van der Waals surface area contributed by atoms with Crippen LogP contribution in [0.2, 0.25) is 0 Å². The SMILES string of the molecule is CC(C)(C)OC(=O)NC1CCC(F)(F)CC1O. The second-order valence-corrected chi connectivity index (χ2v) is 5.42. The number of alkyl carbamates (subject to hydrolysis) is 1. The van der Waals surface area contributed by atoms with E-state index < -0.39 is 36.2 Å². The second-order valence-electron chi connectivity index (χ2n) is 5.42. The van der Waals surface area contributed by atoms with Gasteiger partial charge in [0.15, 0.2) is 0 Å². The third kappa shape index (κ3) is 4.85. The Balaban J connectivity index is 2.45. The fraction of sp³-hybridized carbons (Fsp3) is 0.909. The third-order valence-electron chi connectivity index (χ3n) is 2.50. The van der Waals surface area contributed by atoms with Crippen LogP contribution in [-0.2, 0) is 4.74 Å². The maximum absolute atomic E-state index is 12.9. The number of ether oxygens (including phenoxy) is 1. The average molecular weight is 251 g/mol. The molecule has 100 valence electrons. The highest BCUT2D eigenvalue weighted by molar-refractivity contribution is 5.68. The first-order valence-electron chi connectivity index (χ1n) is 5.64. The fourth-order valence-electron chi connectivity index (χ4n) is 1.74. The van der Waals surface area contributed by atoms with Crippen molar-refractivity contribution in [3.05, 3.63) is 0 Å². The van der Waals surface area contributed by atoms with E-state index >= 15 is 0 Å². The summed E-state index contributed by atoms with van der Waals surface area (Å²) in [6.45, 7) is 5.12. The summed E-state index contributed by atoms with van der Waals surface area (Å²) in [4.78, 5) is 11.4. The molecule has 0 bridgehead atoms. The van der Waals surface area contributed by atoms with Crippen molar-refractivity contribution < 1.29 is 23.4 Å². The maximum atomic E-state index is 12.9. The van der Waals surface area contributed by atoms with Crippen molar-refractivity contribution >= 4 is 6.09 Å². The van der Waals surface area contributed by atoms with Gasteiger partial charge in [-0.3, -0.25) is 0 Å². The van der Waals surface area contributed by atoms with Crippen molar-refractivity contribution in [1.29, 1.82) is 0 Å². The summed E-state index contributed by atoms with van der Waals surface area (Å²) < 4.78 is 30.9. The van der Waals surface area contributed by atoms with Crippen molar-refractivity contribution in [2.75, 3.05) is 0 Å². The quantitative estimate of drug-likeness (QED) is 0.750. The lowest BCUT2D eigenvalue weighted by Crippen LogP contribution is -2.50. The van der Waals surface area contributed by atoms with E-state index in [4.69, 9.17) is 4.74 Å². The molecule has 4 nitrogen and oxygen atoms in total. The van der Waals surface area contributed by atoms with Crippen molar-refractivity contribution in [3.63, 3.8) is 0 Å². The first kappa shape index (κ1) is 14.2. The van der Waals surface area contributed by atoms with Gasteiger partial charge in [0.25, 0.3) is 5.92 Å². The van der Waals surface area contributed by atoms with E-state index in [2.05, 4.69) is 5.32 Å². The van der Waals surface area contributed by atoms with Crippen LogP contribution in [0.1, 0.15) is 40.0 Å². The van der Waals surface area contributed by atoms with E-state index in [1.807, 2.05) is 0 Å². The Morgan fingerprint density at radius 2 is 2.06 bits per heavy atom. The Morgan fingerprint density at radius 1 is 1.47 bits per heavy atom. The van der Waals surface area contributed by atoms with Crippen LogP contribution in [0, 0.1) is 0 Å². The number of amides is 1. The van der Waals surface area contributed by atoms with E-state index in [-0.39, 0.29) is 12.8 Å². The van der Waals surface area contributed by atoms with E-state index in [1.165, 1.54) is 0 Å². The zero-order valence-electron chi connectivity index (χ0n) is 10.3. The molecule has 0 aromatic heterocycles. The van der Waals surface area contributed by atoms with Gasteiger partial charge in [-0.15, -0.1) is 0 Å². The molecular formula is C11H19F2NO3. The summed E-state index contributed by atoms with van der Waals surface area (Å²) in [7, 11) is 0. The molecule has 0 aromatic carbocycles. The summed E-state index contributed by atoms with van der Waals surface area (Å²) in [6.07, 6.45) is -2.82. The highest BCUT2D eigenvalue weighted by atomic mass is 19.3. The minimum Gasteiger partial charge on any atom is -0.444 e. The van der Waals surface area contributed by atoms with Gasteiger partial charge in [-0.1, -0.05) is 0 Å². The Labute approximate surface area is 99.3 Å². The van der Waals surface area contributed by atoms with Crippen molar-refractivity contribution in [1.82, 2.24) is 5.32 Å². The number of alkyl halides is 2. The summed E-state index contributed by atoms with van der Waals surface area (Å²) >= 11 is 0. The van der Waals surface area contributed by atoms with Gasteiger partial charge in [0, 0.05) is 12.8 Å². The first-order chi connectivity index (χ1) is 7.59. The molecule has 1 amide bonds. The van der Waals surface area contributed by atoms with Crippen LogP contribution in [0.3, 0.4) is 0 Å². The van der Waals surface area contributed by atoms with Gasteiger partial charge in [-0.25, -0.2) is 13.6 Å². The molecule has 6 heteroatoms. The normalized spacial score (nSPS) is 28.6. The summed E-state index contributed by atoms with van der Waals surface area (Å²) in [5.74, 6) is -2.84. The minimum atomic E-state index is -2.84. The van der Waals surface area contributed by atoms with Gasteiger partial charge in [0.1, 0.15) is 5.60 Å². The highest BCUT2D eigenvalue weighted by Gasteiger charge is 2.41. The number of aliphatic hydroxyl groups excluding tert-OH is 1. The molecule has 1 aliphatic rings. The van der Waals surface area contributed by atoms with Crippen LogP contribution < -0.4 is 5.32 Å². The molecule has 2 unspecified atom stereocenters. The Morgan fingerprint density at radius 3 is 2.53 bits per heavy atom. The Bertz CT molecular complexity index is 289. The summed E-state index contributed by atoms with van der Waals surface area (Å²) in [5.41, 5.74) is -0.645. The second kappa shape index (κ2) is 4.76. The van der Waals surface area contributed by atoms with E-state index in [1.54, 1.807) is 20.8 Å². The van der Waals surface area contributed by atoms with Crippen molar-refractivity contribution in [3.8, 4) is 0 Å². The molecule has 1 saturated carbocycles. The number of carbonyl (C=O) groups is 1. The number of rotatable bonds is 1. The van der Waals surface area contributed by atoms with Gasteiger partial charge in [-0.05, 0) is 27.2 Å². The highest BCUT2D eigenvalue weighted by Crippen LogP contribution is 2.33. The van der Waals surface area contributed by atoms with Crippen LogP contribution in [0.4, 0.5) is 13.6 Å². The molecule has 0 heterocycles. The molecule has 0 radical (unpaired) electrons. The van der Waals surface area contributed by atoms with Crippen LogP contribution in [-0.4, -0.2) is 34.9 Å². The average Bonchev–Trinajstić information content (AvgIpc) is 2.06.